The number of likely N-dealkylation sites (tertiary alicyclic amines) is 1. The molecule has 1 fully saturated rings. The van der Waals surface area contributed by atoms with Crippen LogP contribution in [0.1, 0.15) is 18.0 Å². The topological polar surface area (TPSA) is 58.6 Å². The number of aliphatic imine (C=N–C) groups is 1. The molecule has 2 rings (SSSR count). The third-order valence-corrected chi connectivity index (χ3v) is 5.14. The molecule has 1 aliphatic rings. The summed E-state index contributed by atoms with van der Waals surface area (Å²) in [5, 5.41) is 3.56. The molecule has 2 atom stereocenters. The van der Waals surface area contributed by atoms with Gasteiger partial charge in [0.1, 0.15) is 5.75 Å². The largest absolute Gasteiger partial charge is 0.497 e. The molecule has 0 bridgehead atoms. The van der Waals surface area contributed by atoms with E-state index >= 15 is 0 Å². The van der Waals surface area contributed by atoms with E-state index in [2.05, 4.69) is 46.3 Å². The second-order valence-corrected chi connectivity index (χ2v) is 7.35. The number of methoxy groups -OCH3 is 2. The Labute approximate surface area is 169 Å². The standard InChI is InChI=1S/C21H36N4O3/c1-22-21(25-10-9-17(15-25)16-28-12-11-26-4)23-14-20(24(2)3)18-7-6-8-19(13-18)27-5/h6-8,13,17,20H,9-12,14-16H2,1-5H3,(H,22,23). The van der Waals surface area contributed by atoms with Crippen LogP contribution in [0.2, 0.25) is 0 Å². The van der Waals surface area contributed by atoms with Gasteiger partial charge in [-0.05, 0) is 38.2 Å². The predicted molar refractivity (Wildman–Crippen MR) is 113 cm³/mol. The Morgan fingerprint density at radius 1 is 1.32 bits per heavy atom. The molecular formula is C21H36N4O3. The molecule has 2 unspecified atom stereocenters. The maximum absolute atomic E-state index is 5.70. The van der Waals surface area contributed by atoms with Gasteiger partial charge in [-0.15, -0.1) is 0 Å². The molecule has 0 amide bonds. The second kappa shape index (κ2) is 11.9. The lowest BCUT2D eigenvalue weighted by Gasteiger charge is -2.28. The van der Waals surface area contributed by atoms with E-state index in [4.69, 9.17) is 14.2 Å². The van der Waals surface area contributed by atoms with Gasteiger partial charge in [-0.25, -0.2) is 0 Å². The first-order chi connectivity index (χ1) is 13.6. The Kier molecular flexibility index (Phi) is 9.54. The molecule has 0 radical (unpaired) electrons. The van der Waals surface area contributed by atoms with E-state index in [-0.39, 0.29) is 6.04 Å². The Hall–Kier alpha value is -1.83. The third kappa shape index (κ3) is 6.65. The van der Waals surface area contributed by atoms with E-state index < -0.39 is 0 Å². The first-order valence-corrected chi connectivity index (χ1v) is 9.91. The summed E-state index contributed by atoms with van der Waals surface area (Å²) < 4.78 is 16.1. The Morgan fingerprint density at radius 3 is 2.82 bits per heavy atom. The molecule has 0 saturated carbocycles. The highest BCUT2D eigenvalue weighted by atomic mass is 16.5. The first-order valence-electron chi connectivity index (χ1n) is 9.91. The smallest absolute Gasteiger partial charge is 0.193 e. The van der Waals surface area contributed by atoms with E-state index in [0.717, 1.165) is 44.4 Å². The highest BCUT2D eigenvalue weighted by Gasteiger charge is 2.25. The fourth-order valence-corrected chi connectivity index (χ4v) is 3.52. The molecular weight excluding hydrogens is 356 g/mol. The number of likely N-dealkylation sites (N-methyl/N-ethyl adjacent to an activating group) is 1. The molecule has 1 aromatic carbocycles. The van der Waals surface area contributed by atoms with Crippen LogP contribution in [0, 0.1) is 5.92 Å². The lowest BCUT2D eigenvalue weighted by atomic mass is 10.1. The lowest BCUT2D eigenvalue weighted by Crippen LogP contribution is -2.43. The van der Waals surface area contributed by atoms with Crippen molar-refractivity contribution in [2.24, 2.45) is 10.9 Å². The van der Waals surface area contributed by atoms with Gasteiger partial charge in [0, 0.05) is 39.7 Å². The van der Waals surface area contributed by atoms with Crippen molar-refractivity contribution in [1.82, 2.24) is 15.1 Å². The van der Waals surface area contributed by atoms with Crippen LogP contribution < -0.4 is 10.1 Å². The summed E-state index contributed by atoms with van der Waals surface area (Å²) in [7, 11) is 9.44. The van der Waals surface area contributed by atoms with Gasteiger partial charge in [0.05, 0.1) is 33.0 Å². The summed E-state index contributed by atoms with van der Waals surface area (Å²) >= 11 is 0. The summed E-state index contributed by atoms with van der Waals surface area (Å²) in [6.07, 6.45) is 1.13. The molecule has 0 aliphatic carbocycles. The molecule has 1 aromatic rings. The fourth-order valence-electron chi connectivity index (χ4n) is 3.52. The maximum atomic E-state index is 5.70. The molecule has 7 heteroatoms. The van der Waals surface area contributed by atoms with Crippen LogP contribution >= 0.6 is 0 Å². The number of benzene rings is 1. The first kappa shape index (κ1) is 22.5. The van der Waals surface area contributed by atoms with E-state index in [1.54, 1.807) is 14.2 Å². The zero-order chi connectivity index (χ0) is 20.4. The summed E-state index contributed by atoms with van der Waals surface area (Å²) in [4.78, 5) is 9.04. The van der Waals surface area contributed by atoms with Gasteiger partial charge in [0.2, 0.25) is 0 Å². The quantitative estimate of drug-likeness (QED) is 0.373. The lowest BCUT2D eigenvalue weighted by molar-refractivity contribution is 0.0536. The van der Waals surface area contributed by atoms with Gasteiger partial charge in [-0.2, -0.15) is 0 Å². The van der Waals surface area contributed by atoms with Crippen LogP contribution in [0.15, 0.2) is 29.3 Å². The van der Waals surface area contributed by atoms with Crippen molar-refractivity contribution in [2.45, 2.75) is 12.5 Å². The van der Waals surface area contributed by atoms with Crippen molar-refractivity contribution in [3.05, 3.63) is 29.8 Å². The van der Waals surface area contributed by atoms with Crippen LogP contribution in [-0.4, -0.2) is 90.6 Å². The molecule has 1 saturated heterocycles. The minimum absolute atomic E-state index is 0.225. The van der Waals surface area contributed by atoms with Gasteiger partial charge in [-0.3, -0.25) is 4.99 Å². The third-order valence-electron chi connectivity index (χ3n) is 5.14. The van der Waals surface area contributed by atoms with Gasteiger partial charge < -0.3 is 29.3 Å². The van der Waals surface area contributed by atoms with Gasteiger partial charge >= 0.3 is 0 Å². The summed E-state index contributed by atoms with van der Waals surface area (Å²) in [5.41, 5.74) is 1.22. The minimum Gasteiger partial charge on any atom is -0.497 e. The van der Waals surface area contributed by atoms with Gasteiger partial charge in [-0.1, -0.05) is 12.1 Å². The number of guanidine groups is 1. The minimum atomic E-state index is 0.225. The molecule has 0 aromatic heterocycles. The van der Waals surface area contributed by atoms with Crippen LogP contribution in [0.4, 0.5) is 0 Å². The monoisotopic (exact) mass is 392 g/mol. The number of nitrogens with one attached hydrogen (secondary N) is 1. The molecule has 158 valence electrons. The van der Waals surface area contributed by atoms with Crippen molar-refractivity contribution in [3.63, 3.8) is 0 Å². The average Bonchev–Trinajstić information content (AvgIpc) is 3.17. The van der Waals surface area contributed by atoms with Crippen molar-refractivity contribution < 1.29 is 14.2 Å². The molecule has 1 heterocycles. The van der Waals surface area contributed by atoms with Crippen LogP contribution in [-0.2, 0) is 9.47 Å². The summed E-state index contributed by atoms with van der Waals surface area (Å²) in [6.45, 7) is 4.84. The van der Waals surface area contributed by atoms with E-state index in [0.29, 0.717) is 19.1 Å². The SMILES string of the molecule is CN=C(NCC(c1cccc(OC)c1)N(C)C)N1CCC(COCCOC)C1. The summed E-state index contributed by atoms with van der Waals surface area (Å²) in [5.74, 6) is 2.37. The molecule has 0 spiro atoms. The van der Waals surface area contributed by atoms with Crippen molar-refractivity contribution in [1.29, 1.82) is 0 Å². The molecule has 7 nitrogen and oxygen atoms in total. The van der Waals surface area contributed by atoms with E-state index in [1.165, 1.54) is 5.56 Å². The number of ether oxygens (including phenoxy) is 3. The van der Waals surface area contributed by atoms with Crippen LogP contribution in [0.3, 0.4) is 0 Å². The van der Waals surface area contributed by atoms with Crippen LogP contribution in [0.5, 0.6) is 5.75 Å². The zero-order valence-electron chi connectivity index (χ0n) is 18.0. The van der Waals surface area contributed by atoms with Gasteiger partial charge in [0.15, 0.2) is 5.96 Å². The van der Waals surface area contributed by atoms with Crippen molar-refractivity contribution in [2.75, 3.05) is 74.8 Å². The van der Waals surface area contributed by atoms with Crippen molar-refractivity contribution >= 4 is 5.96 Å². The Balaban J connectivity index is 1.89. The predicted octanol–water partition coefficient (Wildman–Crippen LogP) is 1.86. The maximum Gasteiger partial charge on any atom is 0.193 e. The zero-order valence-corrected chi connectivity index (χ0v) is 18.0. The van der Waals surface area contributed by atoms with E-state index in [9.17, 15) is 0 Å². The van der Waals surface area contributed by atoms with E-state index in [1.807, 2.05) is 19.2 Å². The van der Waals surface area contributed by atoms with Gasteiger partial charge in [0.25, 0.3) is 0 Å². The Morgan fingerprint density at radius 2 is 2.14 bits per heavy atom. The fraction of sp³-hybridized carbons (Fsp3) is 0.667. The van der Waals surface area contributed by atoms with Crippen molar-refractivity contribution in [3.8, 4) is 5.75 Å². The average molecular weight is 393 g/mol. The highest BCUT2D eigenvalue weighted by Crippen LogP contribution is 2.22. The Bertz CT molecular complexity index is 609. The summed E-state index contributed by atoms with van der Waals surface area (Å²) in [6, 6.07) is 8.47. The molecule has 1 aliphatic heterocycles. The number of rotatable bonds is 10. The van der Waals surface area contributed by atoms with Crippen LogP contribution in [0.25, 0.3) is 0 Å². The molecule has 28 heavy (non-hydrogen) atoms. The molecule has 1 N–H and O–H groups in total. The highest BCUT2D eigenvalue weighted by molar-refractivity contribution is 5.80. The number of nitrogens with zero attached hydrogens (tertiary/aromatic N) is 3. The normalized spacial score (nSPS) is 18.6. The number of hydrogen-bond donors (Lipinski definition) is 1. The second-order valence-electron chi connectivity index (χ2n) is 7.35. The number of hydrogen-bond acceptors (Lipinski definition) is 5.